The number of amides is 1. The van der Waals surface area contributed by atoms with Crippen LogP contribution in [0.1, 0.15) is 30.1 Å². The van der Waals surface area contributed by atoms with Gasteiger partial charge in [-0.3, -0.25) is 19.7 Å². The first-order valence-corrected chi connectivity index (χ1v) is 6.42. The number of rotatable bonds is 7. The largest absolute Gasteiger partial charge is 0.481 e. The maximum Gasteiger partial charge on any atom is 0.308 e. The number of nitro benzene ring substituents is 1. The number of nitrogen functional groups attached to an aromatic ring is 1. The number of aliphatic carboxylic acids is 1. The Bertz CT molecular complexity index is 559. The lowest BCUT2D eigenvalue weighted by molar-refractivity contribution is -0.383. The Morgan fingerprint density at radius 3 is 2.67 bits per heavy atom. The van der Waals surface area contributed by atoms with Crippen molar-refractivity contribution in [2.75, 3.05) is 12.3 Å². The van der Waals surface area contributed by atoms with Crippen LogP contribution in [-0.2, 0) is 4.79 Å². The average molecular weight is 295 g/mol. The van der Waals surface area contributed by atoms with Gasteiger partial charge in [0.15, 0.2) is 0 Å². The quantitative estimate of drug-likeness (QED) is 0.395. The molecule has 0 aliphatic heterocycles. The summed E-state index contributed by atoms with van der Waals surface area (Å²) in [4.78, 5) is 33.0. The monoisotopic (exact) mass is 295 g/mol. The summed E-state index contributed by atoms with van der Waals surface area (Å²) in [6.07, 6.45) is 1.10. The molecule has 0 bridgehead atoms. The summed E-state index contributed by atoms with van der Waals surface area (Å²) < 4.78 is 0. The third kappa shape index (κ3) is 4.16. The van der Waals surface area contributed by atoms with Crippen LogP contribution in [0, 0.1) is 16.0 Å². The molecule has 8 nitrogen and oxygen atoms in total. The zero-order chi connectivity index (χ0) is 16.0. The second kappa shape index (κ2) is 7.22. The van der Waals surface area contributed by atoms with E-state index in [0.717, 1.165) is 0 Å². The summed E-state index contributed by atoms with van der Waals surface area (Å²) in [5.41, 5.74) is 4.96. The standard InChI is InChI=1S/C13H17N3O5/c1-2-4-8(13(18)19)7-15-12(17)9-5-3-6-10(11(9)14)16(20)21/h3,5-6,8H,2,4,7,14H2,1H3,(H,15,17)(H,18,19). The average Bonchev–Trinajstić information content (AvgIpc) is 2.42. The van der Waals surface area contributed by atoms with E-state index in [9.17, 15) is 19.7 Å². The highest BCUT2D eigenvalue weighted by Gasteiger charge is 2.21. The molecule has 1 aromatic carbocycles. The molecule has 0 radical (unpaired) electrons. The number of nitrogens with zero attached hydrogens (tertiary/aromatic N) is 1. The molecule has 1 aromatic rings. The number of para-hydroxylation sites is 1. The van der Waals surface area contributed by atoms with Crippen molar-refractivity contribution in [1.82, 2.24) is 5.32 Å². The third-order valence-electron chi connectivity index (χ3n) is 3.02. The molecule has 8 heteroatoms. The number of carbonyl (C=O) groups is 2. The van der Waals surface area contributed by atoms with Crippen LogP contribution < -0.4 is 11.1 Å². The lowest BCUT2D eigenvalue weighted by Crippen LogP contribution is -2.33. The summed E-state index contributed by atoms with van der Waals surface area (Å²) in [6.45, 7) is 1.79. The van der Waals surface area contributed by atoms with Gasteiger partial charge in [-0.25, -0.2) is 0 Å². The third-order valence-corrected chi connectivity index (χ3v) is 3.02. The normalized spacial score (nSPS) is 11.7. The van der Waals surface area contributed by atoms with Crippen molar-refractivity contribution in [3.8, 4) is 0 Å². The zero-order valence-corrected chi connectivity index (χ0v) is 11.5. The van der Waals surface area contributed by atoms with Crippen molar-refractivity contribution >= 4 is 23.3 Å². The predicted octanol–water partition coefficient (Wildman–Crippen LogP) is 1.41. The smallest absolute Gasteiger partial charge is 0.308 e. The molecule has 0 aliphatic carbocycles. The second-order valence-electron chi connectivity index (χ2n) is 4.53. The Kier molecular flexibility index (Phi) is 5.65. The van der Waals surface area contributed by atoms with E-state index in [1.807, 2.05) is 6.92 Å². The number of benzene rings is 1. The van der Waals surface area contributed by atoms with Crippen molar-refractivity contribution in [3.63, 3.8) is 0 Å². The Balaban J connectivity index is 2.83. The molecular formula is C13H17N3O5. The first kappa shape index (κ1) is 16.4. The van der Waals surface area contributed by atoms with Crippen LogP contribution in [0.15, 0.2) is 18.2 Å². The van der Waals surface area contributed by atoms with Gasteiger partial charge in [0.25, 0.3) is 11.6 Å². The fourth-order valence-corrected chi connectivity index (χ4v) is 1.88. The fraction of sp³-hybridized carbons (Fsp3) is 0.385. The van der Waals surface area contributed by atoms with E-state index >= 15 is 0 Å². The van der Waals surface area contributed by atoms with Crippen molar-refractivity contribution in [3.05, 3.63) is 33.9 Å². The lowest BCUT2D eigenvalue weighted by atomic mass is 10.0. The van der Waals surface area contributed by atoms with E-state index in [1.54, 1.807) is 0 Å². The molecule has 0 heterocycles. The molecule has 0 fully saturated rings. The highest BCUT2D eigenvalue weighted by Crippen LogP contribution is 2.24. The number of nitrogens with two attached hydrogens (primary N) is 1. The van der Waals surface area contributed by atoms with E-state index in [4.69, 9.17) is 10.8 Å². The number of hydrogen-bond donors (Lipinski definition) is 3. The fourth-order valence-electron chi connectivity index (χ4n) is 1.88. The predicted molar refractivity (Wildman–Crippen MR) is 75.9 cm³/mol. The molecule has 1 unspecified atom stereocenters. The Morgan fingerprint density at radius 2 is 2.14 bits per heavy atom. The van der Waals surface area contributed by atoms with Gasteiger partial charge in [0.1, 0.15) is 5.69 Å². The van der Waals surface area contributed by atoms with Gasteiger partial charge in [0.2, 0.25) is 0 Å². The molecular weight excluding hydrogens is 278 g/mol. The summed E-state index contributed by atoms with van der Waals surface area (Å²) in [5, 5.41) is 22.2. The molecule has 0 saturated carbocycles. The van der Waals surface area contributed by atoms with Crippen LogP contribution in [0.3, 0.4) is 0 Å². The van der Waals surface area contributed by atoms with Gasteiger partial charge in [-0.15, -0.1) is 0 Å². The summed E-state index contributed by atoms with van der Waals surface area (Å²) in [6, 6.07) is 3.90. The Hall–Kier alpha value is -2.64. The van der Waals surface area contributed by atoms with E-state index in [-0.39, 0.29) is 23.5 Å². The van der Waals surface area contributed by atoms with Crippen molar-refractivity contribution in [2.45, 2.75) is 19.8 Å². The van der Waals surface area contributed by atoms with E-state index in [2.05, 4.69) is 5.32 Å². The number of carboxylic acids is 1. The molecule has 21 heavy (non-hydrogen) atoms. The van der Waals surface area contributed by atoms with E-state index in [0.29, 0.717) is 12.8 Å². The molecule has 114 valence electrons. The molecule has 4 N–H and O–H groups in total. The number of hydrogen-bond acceptors (Lipinski definition) is 5. The highest BCUT2D eigenvalue weighted by atomic mass is 16.6. The van der Waals surface area contributed by atoms with Gasteiger partial charge in [0, 0.05) is 12.6 Å². The van der Waals surface area contributed by atoms with Gasteiger partial charge < -0.3 is 16.2 Å². The number of nitro groups is 1. The van der Waals surface area contributed by atoms with Gasteiger partial charge in [0.05, 0.1) is 16.4 Å². The van der Waals surface area contributed by atoms with Gasteiger partial charge in [-0.2, -0.15) is 0 Å². The Morgan fingerprint density at radius 1 is 1.48 bits per heavy atom. The molecule has 0 spiro atoms. The number of anilines is 1. The second-order valence-corrected chi connectivity index (χ2v) is 4.53. The minimum atomic E-state index is -0.996. The molecule has 0 saturated heterocycles. The molecule has 1 amide bonds. The molecule has 0 aliphatic rings. The highest BCUT2D eigenvalue weighted by molar-refractivity contribution is 6.01. The zero-order valence-electron chi connectivity index (χ0n) is 11.5. The van der Waals surface area contributed by atoms with Gasteiger partial charge in [-0.1, -0.05) is 19.4 Å². The maximum absolute atomic E-state index is 12.0. The minimum Gasteiger partial charge on any atom is -0.481 e. The lowest BCUT2D eigenvalue weighted by Gasteiger charge is -2.13. The minimum absolute atomic E-state index is 0.0372. The number of nitrogens with one attached hydrogen (secondary N) is 1. The number of carboxylic acid groups (broad SMARTS) is 1. The first-order valence-electron chi connectivity index (χ1n) is 6.42. The molecule has 1 rings (SSSR count). The van der Waals surface area contributed by atoms with Crippen LogP contribution in [0.2, 0.25) is 0 Å². The van der Waals surface area contributed by atoms with E-state index < -0.39 is 22.7 Å². The summed E-state index contributed by atoms with van der Waals surface area (Å²) in [7, 11) is 0. The van der Waals surface area contributed by atoms with Gasteiger partial charge >= 0.3 is 5.97 Å². The van der Waals surface area contributed by atoms with Crippen LogP contribution in [0.5, 0.6) is 0 Å². The topological polar surface area (TPSA) is 136 Å². The van der Waals surface area contributed by atoms with Crippen molar-refractivity contribution in [2.24, 2.45) is 5.92 Å². The Labute approximate surface area is 121 Å². The van der Waals surface area contributed by atoms with Crippen molar-refractivity contribution < 1.29 is 19.6 Å². The van der Waals surface area contributed by atoms with Crippen LogP contribution in [-0.4, -0.2) is 28.5 Å². The number of carbonyl (C=O) groups excluding carboxylic acids is 1. The molecule has 1 atom stereocenters. The first-order chi connectivity index (χ1) is 9.88. The van der Waals surface area contributed by atoms with Gasteiger partial charge in [-0.05, 0) is 12.5 Å². The van der Waals surface area contributed by atoms with Crippen LogP contribution in [0.4, 0.5) is 11.4 Å². The summed E-state index contributed by atoms with van der Waals surface area (Å²) in [5.74, 6) is -2.32. The summed E-state index contributed by atoms with van der Waals surface area (Å²) >= 11 is 0. The van der Waals surface area contributed by atoms with Crippen LogP contribution >= 0.6 is 0 Å². The SMILES string of the molecule is CCCC(CNC(=O)c1cccc([N+](=O)[O-])c1N)C(=O)O. The van der Waals surface area contributed by atoms with E-state index in [1.165, 1.54) is 18.2 Å². The maximum atomic E-state index is 12.0. The van der Waals surface area contributed by atoms with Crippen LogP contribution in [0.25, 0.3) is 0 Å². The van der Waals surface area contributed by atoms with Crippen molar-refractivity contribution in [1.29, 1.82) is 0 Å². The molecule has 0 aromatic heterocycles.